The molecule has 1 aromatic heterocycles. The van der Waals surface area contributed by atoms with E-state index in [-0.39, 0.29) is 16.9 Å². The molecule has 2 bridgehead atoms. The van der Waals surface area contributed by atoms with Crippen LogP contribution in [0.3, 0.4) is 0 Å². The number of hydrogen-bond donors (Lipinski definition) is 0. The summed E-state index contributed by atoms with van der Waals surface area (Å²) < 4.78 is 10.5. The van der Waals surface area contributed by atoms with Gasteiger partial charge in [0.25, 0.3) is 0 Å². The Morgan fingerprint density at radius 2 is 2.08 bits per heavy atom. The predicted octanol–water partition coefficient (Wildman–Crippen LogP) is 3.64. The van der Waals surface area contributed by atoms with Crippen molar-refractivity contribution < 1.29 is 19.1 Å². The van der Waals surface area contributed by atoms with Crippen molar-refractivity contribution in [2.45, 2.75) is 46.1 Å². The number of carbonyl (C=O) groups excluding carboxylic acids is 2. The third-order valence-corrected chi connectivity index (χ3v) is 6.59. The maximum absolute atomic E-state index is 12.3. The molecule has 3 rings (SSSR count). The van der Waals surface area contributed by atoms with Gasteiger partial charge in [0.1, 0.15) is 6.10 Å². The maximum Gasteiger partial charge on any atom is 0.340 e. The normalized spacial score (nSPS) is 29.8. The van der Waals surface area contributed by atoms with Crippen LogP contribution in [0.2, 0.25) is 0 Å². The van der Waals surface area contributed by atoms with Crippen LogP contribution in [0.5, 0.6) is 0 Å². The van der Waals surface area contributed by atoms with E-state index in [1.54, 1.807) is 18.3 Å². The summed E-state index contributed by atoms with van der Waals surface area (Å²) in [4.78, 5) is 28.2. The molecule has 0 amide bonds. The Kier molecular flexibility index (Phi) is 4.43. The third-order valence-electron chi connectivity index (χ3n) is 6.59. The number of hydrogen-bond acceptors (Lipinski definition) is 5. The van der Waals surface area contributed by atoms with E-state index in [1.165, 1.54) is 25.7 Å². The molecular formula is C20H25NO4. The van der Waals surface area contributed by atoms with Crippen molar-refractivity contribution in [1.29, 1.82) is 0 Å². The summed E-state index contributed by atoms with van der Waals surface area (Å²) in [6.45, 7) is 6.80. The summed E-state index contributed by atoms with van der Waals surface area (Å²) in [5.74, 6) is -0.263. The molecule has 134 valence electrons. The van der Waals surface area contributed by atoms with Gasteiger partial charge in [0.15, 0.2) is 0 Å². The Labute approximate surface area is 148 Å². The molecule has 3 atom stereocenters. The van der Waals surface area contributed by atoms with Crippen LogP contribution in [0.1, 0.15) is 56.1 Å². The van der Waals surface area contributed by atoms with Crippen LogP contribution < -0.4 is 0 Å². The highest BCUT2D eigenvalue weighted by Crippen LogP contribution is 2.66. The number of fused-ring (bicyclic) bond motifs is 2. The van der Waals surface area contributed by atoms with E-state index in [0.29, 0.717) is 17.2 Å². The Bertz CT molecular complexity index is 724. The number of esters is 2. The van der Waals surface area contributed by atoms with Gasteiger partial charge in [0.05, 0.1) is 18.4 Å². The molecule has 2 fully saturated rings. The first-order chi connectivity index (χ1) is 11.8. The lowest BCUT2D eigenvalue weighted by Crippen LogP contribution is -2.38. The number of methoxy groups -OCH3 is 1. The zero-order valence-corrected chi connectivity index (χ0v) is 15.2. The highest BCUT2D eigenvalue weighted by Gasteiger charge is 2.62. The fourth-order valence-corrected chi connectivity index (χ4v) is 4.47. The van der Waals surface area contributed by atoms with Gasteiger partial charge in [-0.25, -0.2) is 9.59 Å². The Morgan fingerprint density at radius 3 is 2.68 bits per heavy atom. The van der Waals surface area contributed by atoms with E-state index in [4.69, 9.17) is 9.47 Å². The molecule has 2 saturated carbocycles. The average molecular weight is 343 g/mol. The first-order valence-corrected chi connectivity index (χ1v) is 8.71. The molecular weight excluding hydrogens is 318 g/mol. The van der Waals surface area contributed by atoms with E-state index in [9.17, 15) is 9.59 Å². The smallest absolute Gasteiger partial charge is 0.340 e. The maximum atomic E-state index is 12.3. The quantitative estimate of drug-likeness (QED) is 0.617. The largest absolute Gasteiger partial charge is 0.465 e. The van der Waals surface area contributed by atoms with Crippen LogP contribution in [0.15, 0.2) is 24.4 Å². The first kappa shape index (κ1) is 17.6. The lowest BCUT2D eigenvalue weighted by molar-refractivity contribution is -0.150. The molecule has 0 N–H and O–H groups in total. The monoisotopic (exact) mass is 343 g/mol. The molecule has 25 heavy (non-hydrogen) atoms. The molecule has 1 heterocycles. The number of pyridine rings is 1. The van der Waals surface area contributed by atoms with Crippen LogP contribution in [-0.4, -0.2) is 30.1 Å². The second kappa shape index (κ2) is 6.28. The Morgan fingerprint density at radius 1 is 1.32 bits per heavy atom. The van der Waals surface area contributed by atoms with Gasteiger partial charge in [-0.15, -0.1) is 0 Å². The van der Waals surface area contributed by atoms with Gasteiger partial charge in [-0.3, -0.25) is 4.98 Å². The average Bonchev–Trinajstić information content (AvgIpc) is 2.93. The molecule has 2 aliphatic rings. The van der Waals surface area contributed by atoms with E-state index in [1.807, 2.05) is 0 Å². The van der Waals surface area contributed by atoms with Crippen LogP contribution in [0.25, 0.3) is 6.08 Å². The Hall–Kier alpha value is -2.17. The van der Waals surface area contributed by atoms with Gasteiger partial charge in [-0.05, 0) is 48.8 Å². The minimum absolute atomic E-state index is 0.0311. The first-order valence-electron chi connectivity index (χ1n) is 8.71. The highest BCUT2D eigenvalue weighted by atomic mass is 16.5. The van der Waals surface area contributed by atoms with Crippen molar-refractivity contribution in [3.8, 4) is 0 Å². The molecule has 5 heteroatoms. The fraction of sp³-hybridized carbons (Fsp3) is 0.550. The summed E-state index contributed by atoms with van der Waals surface area (Å²) in [7, 11) is 1.31. The summed E-state index contributed by atoms with van der Waals surface area (Å²) in [5, 5.41) is 0. The van der Waals surface area contributed by atoms with Crippen molar-refractivity contribution in [1.82, 2.24) is 4.98 Å². The van der Waals surface area contributed by atoms with Crippen molar-refractivity contribution >= 4 is 18.0 Å². The zero-order chi connectivity index (χ0) is 18.2. The standard InChI is InChI=1S/C20H25NO4/c1-19(2)13-9-10-20(19,3)16(12-13)25-17(22)8-7-15-14(18(23)24-4)6-5-11-21-15/h5-8,11,13,16H,9-10,12H2,1-4H3/b8-7+. The van der Waals surface area contributed by atoms with Crippen molar-refractivity contribution in [2.75, 3.05) is 7.11 Å². The van der Waals surface area contributed by atoms with E-state index in [2.05, 4.69) is 25.8 Å². The van der Waals surface area contributed by atoms with Gasteiger partial charge < -0.3 is 9.47 Å². The minimum Gasteiger partial charge on any atom is -0.465 e. The zero-order valence-electron chi connectivity index (χ0n) is 15.2. The summed E-state index contributed by atoms with van der Waals surface area (Å²) in [6.07, 6.45) is 7.61. The van der Waals surface area contributed by atoms with Crippen molar-refractivity contribution in [3.63, 3.8) is 0 Å². The van der Waals surface area contributed by atoms with Gasteiger partial charge in [0.2, 0.25) is 0 Å². The van der Waals surface area contributed by atoms with Gasteiger partial charge in [-0.2, -0.15) is 0 Å². The van der Waals surface area contributed by atoms with Crippen LogP contribution >= 0.6 is 0 Å². The summed E-state index contributed by atoms with van der Waals surface area (Å²) in [5.41, 5.74) is 0.942. The van der Waals surface area contributed by atoms with E-state index < -0.39 is 11.9 Å². The lowest BCUT2D eigenvalue weighted by Gasteiger charge is -2.38. The molecule has 1 aromatic rings. The SMILES string of the molecule is COC(=O)c1cccnc1/C=C/C(=O)OC1CC2CCC1(C)C2(C)C. The van der Waals surface area contributed by atoms with Crippen molar-refractivity contribution in [2.24, 2.45) is 16.7 Å². The second-order valence-electron chi connectivity index (χ2n) is 7.80. The van der Waals surface area contributed by atoms with E-state index in [0.717, 1.165) is 12.8 Å². The molecule has 0 aliphatic heterocycles. The van der Waals surface area contributed by atoms with Crippen LogP contribution in [-0.2, 0) is 14.3 Å². The number of aromatic nitrogens is 1. The van der Waals surface area contributed by atoms with Gasteiger partial charge in [-0.1, -0.05) is 20.8 Å². The molecule has 5 nitrogen and oxygen atoms in total. The van der Waals surface area contributed by atoms with Crippen LogP contribution in [0.4, 0.5) is 0 Å². The highest BCUT2D eigenvalue weighted by molar-refractivity contribution is 5.95. The Balaban J connectivity index is 1.70. The predicted molar refractivity (Wildman–Crippen MR) is 93.7 cm³/mol. The number of ether oxygens (including phenoxy) is 2. The number of carbonyl (C=O) groups is 2. The molecule has 3 unspecified atom stereocenters. The minimum atomic E-state index is -0.483. The van der Waals surface area contributed by atoms with E-state index >= 15 is 0 Å². The summed E-state index contributed by atoms with van der Waals surface area (Å²) in [6, 6.07) is 3.27. The second-order valence-corrected chi connectivity index (χ2v) is 7.80. The van der Waals surface area contributed by atoms with Gasteiger partial charge in [0, 0.05) is 17.7 Å². The molecule has 0 saturated heterocycles. The lowest BCUT2D eigenvalue weighted by atomic mass is 9.70. The van der Waals surface area contributed by atoms with Crippen molar-refractivity contribution in [3.05, 3.63) is 35.7 Å². The van der Waals surface area contributed by atoms with Gasteiger partial charge >= 0.3 is 11.9 Å². The topological polar surface area (TPSA) is 65.5 Å². The van der Waals surface area contributed by atoms with Crippen LogP contribution in [0, 0.1) is 16.7 Å². The molecule has 0 aromatic carbocycles. The molecule has 2 aliphatic carbocycles. The third kappa shape index (κ3) is 2.86. The number of nitrogens with zero attached hydrogens (tertiary/aromatic N) is 1. The molecule has 0 spiro atoms. The fourth-order valence-electron chi connectivity index (χ4n) is 4.47. The molecule has 0 radical (unpaired) electrons. The number of rotatable bonds is 4. The summed E-state index contributed by atoms with van der Waals surface area (Å²) >= 11 is 0.